The minimum Gasteiger partial charge on any atom is -0.275 e. The van der Waals surface area contributed by atoms with E-state index in [1.165, 1.54) is 0 Å². The molecular formula is C9H8BrClN2. The van der Waals surface area contributed by atoms with Crippen LogP contribution in [0, 0.1) is 6.92 Å². The average molecular weight is 260 g/mol. The molecule has 0 fully saturated rings. The third-order valence-corrected chi connectivity index (χ3v) is 3.37. The fourth-order valence-corrected chi connectivity index (χ4v) is 2.07. The van der Waals surface area contributed by atoms with Gasteiger partial charge in [0.15, 0.2) is 0 Å². The van der Waals surface area contributed by atoms with E-state index in [2.05, 4.69) is 21.0 Å². The van der Waals surface area contributed by atoms with Gasteiger partial charge >= 0.3 is 0 Å². The van der Waals surface area contributed by atoms with E-state index in [1.54, 1.807) is 4.68 Å². The number of benzene rings is 1. The topological polar surface area (TPSA) is 17.8 Å². The molecule has 2 nitrogen and oxygen atoms in total. The van der Waals surface area contributed by atoms with Crippen LogP contribution in [-0.4, -0.2) is 9.78 Å². The third-order valence-electron chi connectivity index (χ3n) is 2.03. The Morgan fingerprint density at radius 3 is 2.92 bits per heavy atom. The van der Waals surface area contributed by atoms with Gasteiger partial charge in [0.2, 0.25) is 0 Å². The summed E-state index contributed by atoms with van der Waals surface area (Å²) in [5.41, 5.74) is 1.99. The van der Waals surface area contributed by atoms with E-state index in [1.807, 2.05) is 26.2 Å². The molecule has 0 saturated heterocycles. The van der Waals surface area contributed by atoms with Gasteiger partial charge in [0.1, 0.15) is 0 Å². The van der Waals surface area contributed by atoms with Crippen molar-refractivity contribution < 1.29 is 0 Å². The molecule has 0 unspecified atom stereocenters. The van der Waals surface area contributed by atoms with Crippen molar-refractivity contribution in [2.24, 2.45) is 7.05 Å². The monoisotopic (exact) mass is 258 g/mol. The van der Waals surface area contributed by atoms with Gasteiger partial charge in [0.25, 0.3) is 0 Å². The Morgan fingerprint density at radius 2 is 2.23 bits per heavy atom. The van der Waals surface area contributed by atoms with Crippen LogP contribution in [0.2, 0.25) is 5.02 Å². The van der Waals surface area contributed by atoms with Crippen LogP contribution in [0.15, 0.2) is 16.7 Å². The number of halogens is 2. The second-order valence-corrected chi connectivity index (χ2v) is 4.27. The minimum absolute atomic E-state index is 0.742. The first-order valence-electron chi connectivity index (χ1n) is 3.87. The van der Waals surface area contributed by atoms with E-state index in [-0.39, 0.29) is 0 Å². The van der Waals surface area contributed by atoms with Gasteiger partial charge in [0.05, 0.1) is 10.5 Å². The predicted molar refractivity (Wildman–Crippen MR) is 58.2 cm³/mol. The van der Waals surface area contributed by atoms with Crippen LogP contribution in [-0.2, 0) is 7.05 Å². The summed E-state index contributed by atoms with van der Waals surface area (Å²) in [6.45, 7) is 1.97. The van der Waals surface area contributed by atoms with E-state index in [9.17, 15) is 0 Å². The van der Waals surface area contributed by atoms with E-state index in [0.717, 1.165) is 26.0 Å². The molecule has 4 heteroatoms. The quantitative estimate of drug-likeness (QED) is 0.710. The Morgan fingerprint density at radius 1 is 1.54 bits per heavy atom. The molecule has 0 atom stereocenters. The maximum absolute atomic E-state index is 6.07. The molecule has 0 N–H and O–H groups in total. The number of aromatic nitrogens is 2. The second kappa shape index (κ2) is 3.00. The van der Waals surface area contributed by atoms with E-state index in [4.69, 9.17) is 11.6 Å². The number of fused-ring (bicyclic) bond motifs is 1. The van der Waals surface area contributed by atoms with Gasteiger partial charge in [0, 0.05) is 23.1 Å². The van der Waals surface area contributed by atoms with Crippen molar-refractivity contribution in [3.8, 4) is 0 Å². The largest absolute Gasteiger partial charge is 0.275 e. The maximum atomic E-state index is 6.07. The number of rotatable bonds is 0. The van der Waals surface area contributed by atoms with Gasteiger partial charge < -0.3 is 0 Å². The fraction of sp³-hybridized carbons (Fsp3) is 0.222. The number of aryl methyl sites for hydroxylation is 2. The molecule has 0 aliphatic carbocycles. The van der Waals surface area contributed by atoms with Crippen molar-refractivity contribution in [2.45, 2.75) is 6.92 Å². The molecule has 2 aromatic rings. The molecule has 2 rings (SSSR count). The van der Waals surface area contributed by atoms with Crippen LogP contribution in [0.1, 0.15) is 5.56 Å². The van der Waals surface area contributed by atoms with Crippen molar-refractivity contribution in [2.75, 3.05) is 0 Å². The summed E-state index contributed by atoms with van der Waals surface area (Å²) < 4.78 is 2.72. The van der Waals surface area contributed by atoms with Crippen molar-refractivity contribution in [1.29, 1.82) is 0 Å². The Balaban J connectivity index is 2.92. The summed E-state index contributed by atoms with van der Waals surface area (Å²) in [6.07, 6.45) is 1.98. The lowest BCUT2D eigenvalue weighted by molar-refractivity contribution is 0.779. The summed E-state index contributed by atoms with van der Waals surface area (Å²) in [5.74, 6) is 0. The number of hydrogen-bond donors (Lipinski definition) is 0. The lowest BCUT2D eigenvalue weighted by atomic mass is 10.2. The molecule has 13 heavy (non-hydrogen) atoms. The Labute approximate surface area is 89.6 Å². The maximum Gasteiger partial charge on any atom is 0.0967 e. The highest BCUT2D eigenvalue weighted by Gasteiger charge is 2.08. The first-order chi connectivity index (χ1) is 6.09. The molecule has 0 spiro atoms. The zero-order chi connectivity index (χ0) is 9.59. The zero-order valence-corrected chi connectivity index (χ0v) is 9.65. The number of hydrogen-bond acceptors (Lipinski definition) is 1. The van der Waals surface area contributed by atoms with Crippen LogP contribution in [0.25, 0.3) is 10.9 Å². The van der Waals surface area contributed by atoms with Crippen molar-refractivity contribution in [1.82, 2.24) is 9.78 Å². The first-order valence-corrected chi connectivity index (χ1v) is 5.04. The smallest absolute Gasteiger partial charge is 0.0967 e. The highest BCUT2D eigenvalue weighted by molar-refractivity contribution is 9.10. The zero-order valence-electron chi connectivity index (χ0n) is 7.31. The Kier molecular flexibility index (Phi) is 2.08. The summed E-state index contributed by atoms with van der Waals surface area (Å²) in [6, 6.07) is 1.98. The van der Waals surface area contributed by atoms with E-state index < -0.39 is 0 Å². The Hall–Kier alpha value is -0.540. The highest BCUT2D eigenvalue weighted by atomic mass is 79.9. The highest BCUT2D eigenvalue weighted by Crippen LogP contribution is 2.31. The molecule has 68 valence electrons. The molecule has 0 saturated carbocycles. The predicted octanol–water partition coefficient (Wildman–Crippen LogP) is 3.30. The molecule has 0 bridgehead atoms. The van der Waals surface area contributed by atoms with Crippen molar-refractivity contribution in [3.05, 3.63) is 27.3 Å². The minimum atomic E-state index is 0.742. The van der Waals surface area contributed by atoms with Gasteiger partial charge in [-0.15, -0.1) is 0 Å². The van der Waals surface area contributed by atoms with Crippen LogP contribution in [0.4, 0.5) is 0 Å². The molecule has 1 aromatic carbocycles. The number of nitrogens with zero attached hydrogens (tertiary/aromatic N) is 2. The Bertz CT molecular complexity index is 476. The summed E-state index contributed by atoms with van der Waals surface area (Å²) >= 11 is 9.48. The third kappa shape index (κ3) is 1.36. The summed E-state index contributed by atoms with van der Waals surface area (Å²) in [7, 11) is 1.90. The van der Waals surface area contributed by atoms with Crippen LogP contribution >= 0.6 is 27.5 Å². The summed E-state index contributed by atoms with van der Waals surface area (Å²) in [5, 5.41) is 6.18. The normalized spacial score (nSPS) is 11.1. The SMILES string of the molecule is Cc1c(Cl)c(Br)cc2cn(C)nc12. The van der Waals surface area contributed by atoms with E-state index >= 15 is 0 Å². The van der Waals surface area contributed by atoms with Crippen molar-refractivity contribution >= 4 is 38.4 Å². The fourth-order valence-electron chi connectivity index (χ4n) is 1.39. The van der Waals surface area contributed by atoms with Gasteiger partial charge in [-0.2, -0.15) is 5.10 Å². The van der Waals surface area contributed by atoms with Crippen LogP contribution in [0.3, 0.4) is 0 Å². The lowest BCUT2D eigenvalue weighted by Crippen LogP contribution is -1.86. The molecule has 1 aromatic heterocycles. The molecule has 0 amide bonds. The lowest BCUT2D eigenvalue weighted by Gasteiger charge is -2.00. The van der Waals surface area contributed by atoms with Gasteiger partial charge in [-0.1, -0.05) is 11.6 Å². The van der Waals surface area contributed by atoms with Gasteiger partial charge in [-0.05, 0) is 34.5 Å². The van der Waals surface area contributed by atoms with Crippen LogP contribution < -0.4 is 0 Å². The molecule has 1 heterocycles. The van der Waals surface area contributed by atoms with Gasteiger partial charge in [-0.3, -0.25) is 4.68 Å². The van der Waals surface area contributed by atoms with Gasteiger partial charge in [-0.25, -0.2) is 0 Å². The van der Waals surface area contributed by atoms with Crippen molar-refractivity contribution in [3.63, 3.8) is 0 Å². The molecule has 0 aliphatic heterocycles. The first kappa shape index (κ1) is 9.03. The summed E-state index contributed by atoms with van der Waals surface area (Å²) in [4.78, 5) is 0. The molecule has 0 radical (unpaired) electrons. The average Bonchev–Trinajstić information content (AvgIpc) is 2.42. The molecular weight excluding hydrogens is 251 g/mol. The van der Waals surface area contributed by atoms with E-state index in [0.29, 0.717) is 0 Å². The van der Waals surface area contributed by atoms with Crippen LogP contribution in [0.5, 0.6) is 0 Å². The second-order valence-electron chi connectivity index (χ2n) is 3.04. The standard InChI is InChI=1S/C9H8BrClN2/c1-5-8(11)7(10)3-6-4-13(2)12-9(5)6/h3-4H,1-2H3. The molecule has 0 aliphatic rings.